The maximum Gasteiger partial charge on any atom is 0.278 e. The second-order valence-corrected chi connectivity index (χ2v) is 5.62. The molecule has 3 heterocycles. The zero-order chi connectivity index (χ0) is 17.1. The van der Waals surface area contributed by atoms with Gasteiger partial charge in [0, 0.05) is 12.3 Å². The average Bonchev–Trinajstić information content (AvgIpc) is 2.87. The van der Waals surface area contributed by atoms with E-state index in [0.29, 0.717) is 41.0 Å². The molecular weight excluding hydrogens is 326 g/mol. The highest BCUT2D eigenvalue weighted by Gasteiger charge is 2.17. The number of nitrogens with zero attached hydrogens (tertiary/aromatic N) is 5. The maximum atomic E-state index is 12.7. The van der Waals surface area contributed by atoms with E-state index in [2.05, 4.69) is 21.5 Å². The van der Waals surface area contributed by atoms with E-state index in [-0.39, 0.29) is 5.56 Å². The molecule has 0 bridgehead atoms. The minimum Gasteiger partial charge on any atom is -0.478 e. The highest BCUT2D eigenvalue weighted by atomic mass is 32.2. The van der Waals surface area contributed by atoms with Crippen LogP contribution in [-0.2, 0) is 6.54 Å². The fourth-order valence-electron chi connectivity index (χ4n) is 2.38. The number of hydrogen-bond donors (Lipinski definition) is 0. The summed E-state index contributed by atoms with van der Waals surface area (Å²) in [5.41, 5.74) is 0.337. The molecule has 0 fully saturated rings. The van der Waals surface area contributed by atoms with Gasteiger partial charge < -0.3 is 4.74 Å². The number of aromatic nitrogens is 5. The summed E-state index contributed by atoms with van der Waals surface area (Å²) in [5, 5.41) is 1.03. The second kappa shape index (κ2) is 6.88. The molecule has 0 aliphatic carbocycles. The Morgan fingerprint density at radius 1 is 1.38 bits per heavy atom. The van der Waals surface area contributed by atoms with Crippen LogP contribution in [0.3, 0.4) is 0 Å². The van der Waals surface area contributed by atoms with Gasteiger partial charge >= 0.3 is 0 Å². The van der Waals surface area contributed by atoms with Crippen LogP contribution < -0.4 is 10.3 Å². The first-order valence-corrected chi connectivity index (χ1v) is 8.65. The van der Waals surface area contributed by atoms with Crippen molar-refractivity contribution in [2.45, 2.75) is 18.6 Å². The van der Waals surface area contributed by atoms with Gasteiger partial charge in [-0.15, -0.1) is 6.58 Å². The SMILES string of the molecule is C=CCn1c(=O)c2cnc(SC)nc2n1-c1cccc(OCC)n1. The minimum atomic E-state index is -0.179. The second-order valence-electron chi connectivity index (χ2n) is 4.85. The summed E-state index contributed by atoms with van der Waals surface area (Å²) >= 11 is 1.42. The van der Waals surface area contributed by atoms with Crippen LogP contribution in [-0.4, -0.2) is 37.2 Å². The molecule has 0 aliphatic rings. The highest BCUT2D eigenvalue weighted by molar-refractivity contribution is 7.98. The highest BCUT2D eigenvalue weighted by Crippen LogP contribution is 2.19. The number of allylic oxidation sites excluding steroid dienone is 1. The van der Waals surface area contributed by atoms with Crippen LogP contribution in [0.15, 0.2) is 47.0 Å². The van der Waals surface area contributed by atoms with Gasteiger partial charge in [0.25, 0.3) is 5.56 Å². The molecule has 0 radical (unpaired) electrons. The summed E-state index contributed by atoms with van der Waals surface area (Å²) in [6, 6.07) is 5.41. The molecule has 8 heteroatoms. The van der Waals surface area contributed by atoms with Gasteiger partial charge in [-0.05, 0) is 19.2 Å². The average molecular weight is 343 g/mol. The van der Waals surface area contributed by atoms with Gasteiger partial charge in [0.2, 0.25) is 5.88 Å². The molecule has 0 aliphatic heterocycles. The zero-order valence-electron chi connectivity index (χ0n) is 13.5. The number of pyridine rings is 1. The summed E-state index contributed by atoms with van der Waals surface area (Å²) in [6.45, 7) is 6.47. The molecular formula is C16H17N5O2S. The quantitative estimate of drug-likeness (QED) is 0.388. The predicted octanol–water partition coefficient (Wildman–Crippen LogP) is 2.28. The van der Waals surface area contributed by atoms with E-state index in [0.717, 1.165) is 0 Å². The van der Waals surface area contributed by atoms with Crippen molar-refractivity contribution in [3.63, 3.8) is 0 Å². The van der Waals surface area contributed by atoms with Gasteiger partial charge in [0.15, 0.2) is 16.6 Å². The monoisotopic (exact) mass is 343 g/mol. The van der Waals surface area contributed by atoms with Crippen molar-refractivity contribution >= 4 is 22.8 Å². The van der Waals surface area contributed by atoms with Gasteiger partial charge in [-0.25, -0.2) is 19.3 Å². The molecule has 0 N–H and O–H groups in total. The molecule has 124 valence electrons. The van der Waals surface area contributed by atoms with Gasteiger partial charge in [-0.1, -0.05) is 23.9 Å². The molecule has 0 aromatic carbocycles. The number of thioether (sulfide) groups is 1. The summed E-state index contributed by atoms with van der Waals surface area (Å²) in [5.74, 6) is 1.05. The molecule has 3 aromatic heterocycles. The van der Waals surface area contributed by atoms with Gasteiger partial charge in [-0.3, -0.25) is 4.79 Å². The van der Waals surface area contributed by atoms with E-state index in [1.165, 1.54) is 16.4 Å². The van der Waals surface area contributed by atoms with E-state index in [1.807, 2.05) is 25.3 Å². The Bertz CT molecular complexity index is 947. The maximum absolute atomic E-state index is 12.7. The van der Waals surface area contributed by atoms with E-state index >= 15 is 0 Å². The lowest BCUT2D eigenvalue weighted by molar-refractivity contribution is 0.326. The van der Waals surface area contributed by atoms with Crippen LogP contribution in [0.5, 0.6) is 5.88 Å². The number of rotatable bonds is 6. The van der Waals surface area contributed by atoms with Crippen LogP contribution >= 0.6 is 11.8 Å². The number of fused-ring (bicyclic) bond motifs is 1. The van der Waals surface area contributed by atoms with Gasteiger partial charge in [0.05, 0.1) is 13.2 Å². The van der Waals surface area contributed by atoms with E-state index in [1.54, 1.807) is 23.0 Å². The molecule has 0 saturated heterocycles. The fourth-order valence-corrected chi connectivity index (χ4v) is 2.72. The first-order chi connectivity index (χ1) is 11.7. The molecule has 0 spiro atoms. The Morgan fingerprint density at radius 3 is 2.92 bits per heavy atom. The molecule has 24 heavy (non-hydrogen) atoms. The fraction of sp³-hybridized carbons (Fsp3) is 0.250. The van der Waals surface area contributed by atoms with Crippen molar-refractivity contribution in [2.24, 2.45) is 0 Å². The summed E-state index contributed by atoms with van der Waals surface area (Å²) in [4.78, 5) is 25.8. The third-order valence-electron chi connectivity index (χ3n) is 3.36. The molecule has 7 nitrogen and oxygen atoms in total. The number of ether oxygens (including phenoxy) is 1. The minimum absolute atomic E-state index is 0.179. The normalized spacial score (nSPS) is 10.9. The van der Waals surface area contributed by atoms with Crippen molar-refractivity contribution in [2.75, 3.05) is 12.9 Å². The third kappa shape index (κ3) is 2.80. The Kier molecular flexibility index (Phi) is 4.66. The topological polar surface area (TPSA) is 74.8 Å². The van der Waals surface area contributed by atoms with Crippen LogP contribution in [0.1, 0.15) is 6.92 Å². The Morgan fingerprint density at radius 2 is 2.21 bits per heavy atom. The largest absolute Gasteiger partial charge is 0.478 e. The molecule has 0 saturated carbocycles. The molecule has 3 aromatic rings. The molecule has 0 amide bonds. The lowest BCUT2D eigenvalue weighted by atomic mass is 10.4. The van der Waals surface area contributed by atoms with Crippen molar-refractivity contribution in [1.82, 2.24) is 24.3 Å². The summed E-state index contributed by atoms with van der Waals surface area (Å²) in [7, 11) is 0. The Hall–Kier alpha value is -2.61. The van der Waals surface area contributed by atoms with Crippen LogP contribution in [0.2, 0.25) is 0 Å². The molecule has 3 rings (SSSR count). The Balaban J connectivity index is 2.31. The van der Waals surface area contributed by atoms with E-state index < -0.39 is 0 Å². The van der Waals surface area contributed by atoms with Crippen LogP contribution in [0, 0.1) is 0 Å². The van der Waals surface area contributed by atoms with Crippen LogP contribution in [0.25, 0.3) is 16.9 Å². The molecule has 0 atom stereocenters. The lowest BCUT2D eigenvalue weighted by Crippen LogP contribution is -2.22. The lowest BCUT2D eigenvalue weighted by Gasteiger charge is -2.11. The van der Waals surface area contributed by atoms with Crippen LogP contribution in [0.4, 0.5) is 0 Å². The summed E-state index contributed by atoms with van der Waals surface area (Å²) in [6.07, 6.45) is 5.10. The van der Waals surface area contributed by atoms with Crippen molar-refractivity contribution < 1.29 is 4.74 Å². The summed E-state index contributed by atoms with van der Waals surface area (Å²) < 4.78 is 8.68. The number of hydrogen-bond acceptors (Lipinski definition) is 6. The Labute approximate surface area is 143 Å². The predicted molar refractivity (Wildman–Crippen MR) is 94.1 cm³/mol. The standard InChI is InChI=1S/C16H17N5O2S/c1-4-9-20-15(22)11-10-17-16(24-3)19-14(11)21(20)12-7-6-8-13(18-12)23-5-2/h4,6-8,10H,1,5,9H2,2-3H3. The van der Waals surface area contributed by atoms with Gasteiger partial charge in [-0.2, -0.15) is 4.98 Å². The van der Waals surface area contributed by atoms with Crippen molar-refractivity contribution in [1.29, 1.82) is 0 Å². The first kappa shape index (κ1) is 16.3. The zero-order valence-corrected chi connectivity index (χ0v) is 14.3. The van der Waals surface area contributed by atoms with Crippen molar-refractivity contribution in [3.05, 3.63) is 47.4 Å². The smallest absolute Gasteiger partial charge is 0.278 e. The van der Waals surface area contributed by atoms with Gasteiger partial charge in [0.1, 0.15) is 5.39 Å². The third-order valence-corrected chi connectivity index (χ3v) is 3.92. The first-order valence-electron chi connectivity index (χ1n) is 7.43. The van der Waals surface area contributed by atoms with E-state index in [9.17, 15) is 4.79 Å². The van der Waals surface area contributed by atoms with Crippen molar-refractivity contribution in [3.8, 4) is 11.7 Å². The van der Waals surface area contributed by atoms with E-state index in [4.69, 9.17) is 4.74 Å². The molecule has 0 unspecified atom stereocenters.